The van der Waals surface area contributed by atoms with Crippen LogP contribution in [-0.4, -0.2) is 41.8 Å². The number of halogens is 5. The van der Waals surface area contributed by atoms with Gasteiger partial charge in [0.25, 0.3) is 0 Å². The van der Waals surface area contributed by atoms with Gasteiger partial charge in [0.2, 0.25) is 17.7 Å². The highest BCUT2D eigenvalue weighted by atomic mass is 35.5. The van der Waals surface area contributed by atoms with E-state index in [1.165, 1.54) is 49.1 Å². The van der Waals surface area contributed by atoms with Crippen molar-refractivity contribution >= 4 is 75.4 Å². The molecule has 9 nitrogen and oxygen atoms in total. The normalized spacial score (nSPS) is 19.0. The molecule has 1 saturated heterocycles. The lowest BCUT2D eigenvalue weighted by atomic mass is 9.83. The molecule has 244 valence electrons. The number of hydrogen-bond donors (Lipinski definition) is 1. The Hall–Kier alpha value is -3.98. The van der Waals surface area contributed by atoms with Gasteiger partial charge in [0.05, 0.1) is 46.5 Å². The lowest BCUT2D eigenvalue weighted by Crippen LogP contribution is -2.33. The molecule has 0 saturated carbocycles. The number of ether oxygens (including phenoxy) is 2. The van der Waals surface area contributed by atoms with Gasteiger partial charge in [0.15, 0.2) is 11.5 Å². The summed E-state index contributed by atoms with van der Waals surface area (Å²) in [7, 11) is 2.85. The zero-order chi connectivity index (χ0) is 33.8. The number of imide groups is 1. The Morgan fingerprint density at radius 1 is 0.936 bits per heavy atom. The van der Waals surface area contributed by atoms with Crippen LogP contribution in [-0.2, 0) is 27.1 Å². The number of nitrogens with zero attached hydrogens (tertiary/aromatic N) is 2. The molecule has 0 bridgehead atoms. The Balaban J connectivity index is 1.45. The number of thioether (sulfide) groups is 1. The number of aromatic nitrogens is 1. The number of methoxy groups -OCH3 is 2. The number of hydrogen-bond acceptors (Lipinski definition) is 8. The van der Waals surface area contributed by atoms with Crippen LogP contribution in [0.5, 0.6) is 11.5 Å². The van der Waals surface area contributed by atoms with E-state index in [0.717, 1.165) is 35.2 Å². The molecule has 0 spiro atoms. The van der Waals surface area contributed by atoms with Crippen molar-refractivity contribution in [1.29, 1.82) is 0 Å². The van der Waals surface area contributed by atoms with Crippen LogP contribution in [0, 0.1) is 5.92 Å². The van der Waals surface area contributed by atoms with E-state index in [1.54, 1.807) is 18.2 Å². The summed E-state index contributed by atoms with van der Waals surface area (Å²) < 4.78 is 54.1. The summed E-state index contributed by atoms with van der Waals surface area (Å²) in [6, 6.07) is 13.6. The van der Waals surface area contributed by atoms with Gasteiger partial charge in [-0.2, -0.15) is 13.2 Å². The van der Waals surface area contributed by atoms with Crippen LogP contribution in [0.15, 0.2) is 70.5 Å². The third-order valence-electron chi connectivity index (χ3n) is 7.77. The number of alkyl halides is 3. The Labute approximate surface area is 283 Å². The second-order valence-corrected chi connectivity index (χ2v) is 13.4. The van der Waals surface area contributed by atoms with Gasteiger partial charge in [-0.25, -0.2) is 4.90 Å². The van der Waals surface area contributed by atoms with Crippen LogP contribution < -0.4 is 24.6 Å². The highest BCUT2D eigenvalue weighted by molar-refractivity contribution is 8.00. The molecule has 16 heteroatoms. The Bertz CT molecular complexity index is 2000. The summed E-state index contributed by atoms with van der Waals surface area (Å²) in [5.41, 5.74) is -0.940. The molecule has 2 aliphatic rings. The highest BCUT2D eigenvalue weighted by Gasteiger charge is 2.58. The topological polar surface area (TPSA) is 107 Å². The van der Waals surface area contributed by atoms with Crippen LogP contribution in [0.25, 0.3) is 0 Å². The highest BCUT2D eigenvalue weighted by Crippen LogP contribution is 2.55. The van der Waals surface area contributed by atoms with Gasteiger partial charge in [-0.05, 0) is 48.0 Å². The molecule has 1 fully saturated rings. The molecule has 3 amide bonds. The van der Waals surface area contributed by atoms with E-state index >= 15 is 0 Å². The van der Waals surface area contributed by atoms with Crippen molar-refractivity contribution in [2.45, 2.75) is 28.9 Å². The maximum Gasteiger partial charge on any atom is 0.418 e. The minimum atomic E-state index is -4.85. The molecule has 1 N–H and O–H groups in total. The van der Waals surface area contributed by atoms with Crippen LogP contribution in [0.1, 0.15) is 21.9 Å². The van der Waals surface area contributed by atoms with Crippen LogP contribution >= 0.6 is 46.3 Å². The van der Waals surface area contributed by atoms with Gasteiger partial charge >= 0.3 is 11.0 Å². The lowest BCUT2D eigenvalue weighted by Gasteiger charge is -2.31. The van der Waals surface area contributed by atoms with E-state index in [4.69, 9.17) is 32.7 Å². The zero-order valence-corrected chi connectivity index (χ0v) is 27.4. The summed E-state index contributed by atoms with van der Waals surface area (Å²) in [4.78, 5) is 55.1. The van der Waals surface area contributed by atoms with E-state index < -0.39 is 63.7 Å². The largest absolute Gasteiger partial charge is 0.493 e. The number of anilines is 2. The van der Waals surface area contributed by atoms with Crippen molar-refractivity contribution in [2.24, 2.45) is 5.92 Å². The first-order valence-electron chi connectivity index (χ1n) is 13.7. The second-order valence-electron chi connectivity index (χ2n) is 10.5. The molecule has 1 aromatic heterocycles. The van der Waals surface area contributed by atoms with E-state index in [1.807, 2.05) is 0 Å². The number of nitrogens with one attached hydrogen (secondary N) is 1. The predicted molar refractivity (Wildman–Crippen MR) is 172 cm³/mol. The average Bonchev–Trinajstić information content (AvgIpc) is 3.48. The summed E-state index contributed by atoms with van der Waals surface area (Å²) in [5, 5.41) is 2.17. The monoisotopic (exact) mass is 723 g/mol. The van der Waals surface area contributed by atoms with Crippen molar-refractivity contribution in [3.8, 4) is 11.5 Å². The predicted octanol–water partition coefficient (Wildman–Crippen LogP) is 6.69. The van der Waals surface area contributed by atoms with E-state index in [0.29, 0.717) is 32.5 Å². The van der Waals surface area contributed by atoms with Crippen molar-refractivity contribution < 1.29 is 37.0 Å². The van der Waals surface area contributed by atoms with Gasteiger partial charge < -0.3 is 14.8 Å². The number of fused-ring (bicyclic) bond motifs is 2. The molecular weight excluding hydrogens is 702 g/mol. The summed E-state index contributed by atoms with van der Waals surface area (Å²) in [5.74, 6) is -3.78. The van der Waals surface area contributed by atoms with Gasteiger partial charge in [-0.1, -0.05) is 64.5 Å². The standard InChI is InChI=1S/C31H22Cl2F3N3O6S2/c1-44-20-10-7-14(11-21(20)45-2)23-24-25(28(42)39(27(24)41)19-6-4-3-5-16(19)31(34,35)36)46-29-26(23)47-30(43)38(29)13-22(40)37-15-8-9-17(32)18(33)12-15/h3-12,23-25H,13H2,1-2H3,(H,37,40)/t23-,24?,25?/m1/s1. The summed E-state index contributed by atoms with van der Waals surface area (Å²) in [6.07, 6.45) is -4.85. The molecule has 3 heterocycles. The molecule has 3 aromatic carbocycles. The molecular formula is C31H22Cl2F3N3O6S2. The lowest BCUT2D eigenvalue weighted by molar-refractivity contribution is -0.137. The third kappa shape index (κ3) is 5.88. The number of thiazole rings is 1. The maximum absolute atomic E-state index is 14.1. The van der Waals surface area contributed by atoms with Crippen molar-refractivity contribution in [3.63, 3.8) is 0 Å². The van der Waals surface area contributed by atoms with Gasteiger partial charge in [0.1, 0.15) is 11.8 Å². The van der Waals surface area contributed by atoms with Gasteiger partial charge in [0, 0.05) is 16.5 Å². The first-order valence-corrected chi connectivity index (χ1v) is 16.2. The first-order chi connectivity index (χ1) is 22.3. The second kappa shape index (κ2) is 12.6. The fourth-order valence-electron chi connectivity index (χ4n) is 5.72. The molecule has 3 atom stereocenters. The molecule has 4 aromatic rings. The number of carbonyl (C=O) groups excluding carboxylic acids is 3. The van der Waals surface area contributed by atoms with Crippen molar-refractivity contribution in [1.82, 2.24) is 4.57 Å². The van der Waals surface area contributed by atoms with Gasteiger partial charge in [-0.15, -0.1) is 0 Å². The minimum Gasteiger partial charge on any atom is -0.493 e. The van der Waals surface area contributed by atoms with E-state index in [-0.39, 0.29) is 15.1 Å². The van der Waals surface area contributed by atoms with Crippen LogP contribution in [0.3, 0.4) is 0 Å². The first kappa shape index (κ1) is 32.9. The summed E-state index contributed by atoms with van der Waals surface area (Å²) in [6.45, 7) is -0.462. The minimum absolute atomic E-state index is 0.204. The van der Waals surface area contributed by atoms with E-state index in [9.17, 15) is 32.3 Å². The fraction of sp³-hybridized carbons (Fsp3) is 0.226. The number of benzene rings is 3. The molecule has 6 rings (SSSR count). The SMILES string of the molecule is COc1ccc([C@H]2c3sc(=O)n(CC(=O)Nc4ccc(Cl)c(Cl)c4)c3SC3C(=O)N(c4ccccc4C(F)(F)F)C(=O)C32)cc1OC. The van der Waals surface area contributed by atoms with Crippen LogP contribution in [0.2, 0.25) is 10.0 Å². The quantitative estimate of drug-likeness (QED) is 0.212. The molecule has 2 aliphatic heterocycles. The van der Waals surface area contributed by atoms with Crippen molar-refractivity contribution in [3.05, 3.63) is 96.4 Å². The Morgan fingerprint density at radius 3 is 2.34 bits per heavy atom. The number of amides is 3. The average molecular weight is 725 g/mol. The van der Waals surface area contributed by atoms with Gasteiger partial charge in [-0.3, -0.25) is 23.7 Å². The molecule has 47 heavy (non-hydrogen) atoms. The smallest absolute Gasteiger partial charge is 0.418 e. The molecule has 2 unspecified atom stereocenters. The van der Waals surface area contributed by atoms with Crippen molar-refractivity contribution in [2.75, 3.05) is 24.4 Å². The van der Waals surface area contributed by atoms with Crippen LogP contribution in [0.4, 0.5) is 24.5 Å². The Kier molecular flexibility index (Phi) is 8.81. The van der Waals surface area contributed by atoms with E-state index in [2.05, 4.69) is 5.32 Å². The number of rotatable bonds is 7. The Morgan fingerprint density at radius 2 is 1.66 bits per heavy atom. The zero-order valence-electron chi connectivity index (χ0n) is 24.3. The fourth-order valence-corrected chi connectivity index (χ4v) is 8.80. The third-order valence-corrected chi connectivity index (χ3v) is 11.1. The number of carbonyl (C=O) groups is 3. The maximum atomic E-state index is 14.1. The molecule has 0 aliphatic carbocycles. The molecule has 0 radical (unpaired) electrons. The summed E-state index contributed by atoms with van der Waals surface area (Å²) >= 11 is 13.7. The number of para-hydroxylation sites is 1.